The smallest absolute Gasteiger partial charge is 0.411 e. The minimum absolute atomic E-state index is 0. The van der Waals surface area contributed by atoms with Crippen LogP contribution in [0.2, 0.25) is 0 Å². The number of hydrogen-bond acceptors (Lipinski definition) is 5. The molecule has 0 bridgehead atoms. The second-order valence-electron chi connectivity index (χ2n) is 6.37. The summed E-state index contributed by atoms with van der Waals surface area (Å²) in [5.41, 5.74) is 3.41. The average Bonchev–Trinajstić information content (AvgIpc) is 3.26. The van der Waals surface area contributed by atoms with Gasteiger partial charge in [-0.15, -0.1) is 24.0 Å². The predicted molar refractivity (Wildman–Crippen MR) is 131 cm³/mol. The van der Waals surface area contributed by atoms with Gasteiger partial charge in [-0.25, -0.2) is 14.8 Å². The zero-order valence-electron chi connectivity index (χ0n) is 17.4. The highest BCUT2D eigenvalue weighted by Crippen LogP contribution is 2.17. The van der Waals surface area contributed by atoms with Crippen LogP contribution in [0, 0.1) is 0 Å². The van der Waals surface area contributed by atoms with Crippen LogP contribution in [-0.4, -0.2) is 30.7 Å². The fourth-order valence-corrected chi connectivity index (χ4v) is 2.65. The number of halogens is 1. The number of nitrogens with one attached hydrogen (secondary N) is 3. The van der Waals surface area contributed by atoms with Gasteiger partial charge >= 0.3 is 6.09 Å². The summed E-state index contributed by atoms with van der Waals surface area (Å²) in [6.45, 7) is 3.72. The molecule has 0 unspecified atom stereocenters. The Kier molecular flexibility index (Phi) is 9.82. The molecule has 3 rings (SSSR count). The third-order valence-corrected chi connectivity index (χ3v) is 4.16. The van der Waals surface area contributed by atoms with Gasteiger partial charge in [0.15, 0.2) is 5.96 Å². The first-order valence-electron chi connectivity index (χ1n) is 9.64. The van der Waals surface area contributed by atoms with E-state index in [-0.39, 0.29) is 24.0 Å². The zero-order chi connectivity index (χ0) is 21.2. The zero-order valence-corrected chi connectivity index (χ0v) is 19.8. The van der Waals surface area contributed by atoms with Gasteiger partial charge in [0.25, 0.3) is 0 Å². The number of amides is 1. The monoisotopic (exact) mass is 535 g/mol. The predicted octanol–water partition coefficient (Wildman–Crippen LogP) is 4.39. The molecule has 0 saturated carbocycles. The summed E-state index contributed by atoms with van der Waals surface area (Å²) in [6.07, 6.45) is 1.15. The van der Waals surface area contributed by atoms with Crippen molar-refractivity contribution in [1.29, 1.82) is 0 Å². The molecule has 164 valence electrons. The van der Waals surface area contributed by atoms with Crippen LogP contribution in [0.5, 0.6) is 0 Å². The van der Waals surface area contributed by atoms with E-state index in [0.29, 0.717) is 30.6 Å². The summed E-state index contributed by atoms with van der Waals surface area (Å²) >= 11 is 0. The lowest BCUT2D eigenvalue weighted by Crippen LogP contribution is -2.36. The second kappa shape index (κ2) is 12.6. The number of benzene rings is 2. The minimum Gasteiger partial charge on any atom is -0.453 e. The van der Waals surface area contributed by atoms with Crippen molar-refractivity contribution in [2.45, 2.75) is 20.0 Å². The van der Waals surface area contributed by atoms with E-state index in [1.165, 1.54) is 7.11 Å². The van der Waals surface area contributed by atoms with E-state index in [4.69, 9.17) is 4.42 Å². The second-order valence-corrected chi connectivity index (χ2v) is 6.37. The van der Waals surface area contributed by atoms with Crippen molar-refractivity contribution in [3.8, 4) is 11.5 Å². The maximum absolute atomic E-state index is 11.2. The number of carbonyl (C=O) groups excluding carboxylic acids is 1. The normalized spacial score (nSPS) is 10.7. The van der Waals surface area contributed by atoms with E-state index in [0.717, 1.165) is 23.4 Å². The molecule has 9 heteroatoms. The Bertz CT molecular complexity index is 974. The molecule has 3 aromatic rings. The van der Waals surface area contributed by atoms with Gasteiger partial charge < -0.3 is 19.8 Å². The molecule has 0 fully saturated rings. The van der Waals surface area contributed by atoms with E-state index < -0.39 is 6.09 Å². The number of carbonyl (C=O) groups is 1. The minimum atomic E-state index is -0.498. The number of methoxy groups -OCH3 is 1. The Hall–Kier alpha value is -3.08. The number of nitrogens with zero attached hydrogens (tertiary/aromatic N) is 2. The first-order chi connectivity index (χ1) is 14.7. The quantitative estimate of drug-likeness (QED) is 0.236. The Morgan fingerprint density at radius 1 is 1.10 bits per heavy atom. The maximum atomic E-state index is 11.2. The molecule has 0 atom stereocenters. The average molecular weight is 535 g/mol. The van der Waals surface area contributed by atoms with Crippen molar-refractivity contribution in [3.05, 3.63) is 72.1 Å². The number of anilines is 1. The Morgan fingerprint density at radius 2 is 1.84 bits per heavy atom. The van der Waals surface area contributed by atoms with E-state index in [2.05, 4.69) is 30.7 Å². The molecule has 1 amide bonds. The molecule has 0 aliphatic carbocycles. The molecule has 0 spiro atoms. The van der Waals surface area contributed by atoms with Gasteiger partial charge in [0.2, 0.25) is 5.89 Å². The van der Waals surface area contributed by atoms with Gasteiger partial charge in [-0.1, -0.05) is 30.3 Å². The van der Waals surface area contributed by atoms with Crippen LogP contribution in [-0.2, 0) is 17.8 Å². The van der Waals surface area contributed by atoms with Crippen molar-refractivity contribution >= 4 is 41.7 Å². The lowest BCUT2D eigenvalue weighted by molar-refractivity contribution is 0.187. The van der Waals surface area contributed by atoms with Crippen LogP contribution in [0.15, 0.2) is 70.3 Å². The molecule has 0 aliphatic heterocycles. The summed E-state index contributed by atoms with van der Waals surface area (Å²) in [5, 5.41) is 9.09. The molecule has 2 aromatic carbocycles. The summed E-state index contributed by atoms with van der Waals surface area (Å²) in [6, 6.07) is 17.2. The number of aliphatic imine (C=N–C) groups is 1. The molecular weight excluding hydrogens is 509 g/mol. The molecule has 0 aliphatic rings. The Labute approximate surface area is 198 Å². The molecule has 0 radical (unpaired) electrons. The van der Waals surface area contributed by atoms with Gasteiger partial charge in [-0.3, -0.25) is 5.32 Å². The summed E-state index contributed by atoms with van der Waals surface area (Å²) in [5.74, 6) is 1.27. The fourth-order valence-electron chi connectivity index (χ4n) is 2.65. The van der Waals surface area contributed by atoms with Gasteiger partial charge in [0.05, 0.1) is 25.9 Å². The third kappa shape index (κ3) is 7.59. The first-order valence-corrected chi connectivity index (χ1v) is 9.64. The van der Waals surface area contributed by atoms with Gasteiger partial charge in [-0.2, -0.15) is 0 Å². The van der Waals surface area contributed by atoms with Crippen LogP contribution in [0.1, 0.15) is 18.2 Å². The van der Waals surface area contributed by atoms with Gasteiger partial charge in [-0.05, 0) is 36.8 Å². The molecule has 1 aromatic heterocycles. The summed E-state index contributed by atoms with van der Waals surface area (Å²) in [7, 11) is 1.33. The number of aromatic nitrogens is 1. The van der Waals surface area contributed by atoms with E-state index in [1.807, 2.05) is 61.5 Å². The van der Waals surface area contributed by atoms with E-state index >= 15 is 0 Å². The molecular formula is C22H26IN5O3. The number of oxazole rings is 1. The third-order valence-electron chi connectivity index (χ3n) is 4.16. The lowest BCUT2D eigenvalue weighted by atomic mass is 10.2. The maximum Gasteiger partial charge on any atom is 0.411 e. The highest BCUT2D eigenvalue weighted by molar-refractivity contribution is 14.0. The lowest BCUT2D eigenvalue weighted by Gasteiger charge is -2.10. The van der Waals surface area contributed by atoms with Crippen molar-refractivity contribution in [2.24, 2.45) is 4.99 Å². The van der Waals surface area contributed by atoms with E-state index in [1.54, 1.807) is 6.26 Å². The first kappa shape index (κ1) is 24.2. The Morgan fingerprint density at radius 3 is 2.52 bits per heavy atom. The van der Waals surface area contributed by atoms with Gasteiger partial charge in [0, 0.05) is 17.8 Å². The fraction of sp³-hybridized carbons (Fsp3) is 0.227. The van der Waals surface area contributed by atoms with Crippen LogP contribution in [0.4, 0.5) is 10.5 Å². The highest BCUT2D eigenvalue weighted by Gasteiger charge is 2.07. The standard InChI is InChI=1S/C22H25N5O3.HI/c1-3-23-21(24-13-16-9-11-18(12-10-16)27-22(28)29-2)25-14-19-15-30-20(26-19)17-7-5-4-6-8-17;/h4-12,15H,3,13-14H2,1-2H3,(H,27,28)(H2,23,24,25);1H. The van der Waals surface area contributed by atoms with Gasteiger partial charge in [0.1, 0.15) is 6.26 Å². The van der Waals surface area contributed by atoms with Crippen molar-refractivity contribution in [2.75, 3.05) is 19.0 Å². The Balaban J connectivity index is 0.00000341. The molecule has 1 heterocycles. The molecule has 31 heavy (non-hydrogen) atoms. The van der Waals surface area contributed by atoms with Crippen molar-refractivity contribution < 1.29 is 13.9 Å². The van der Waals surface area contributed by atoms with Crippen molar-refractivity contribution in [3.63, 3.8) is 0 Å². The summed E-state index contributed by atoms with van der Waals surface area (Å²) < 4.78 is 10.1. The molecule has 8 nitrogen and oxygen atoms in total. The number of hydrogen-bond donors (Lipinski definition) is 3. The number of rotatable bonds is 7. The largest absolute Gasteiger partial charge is 0.453 e. The number of ether oxygens (including phenoxy) is 1. The van der Waals surface area contributed by atoms with Crippen molar-refractivity contribution in [1.82, 2.24) is 15.6 Å². The SMILES string of the molecule is CCNC(=NCc1ccc(NC(=O)OC)cc1)NCc1coc(-c2ccccc2)n1.I. The van der Waals surface area contributed by atoms with Crippen LogP contribution in [0.3, 0.4) is 0 Å². The van der Waals surface area contributed by atoms with Crippen LogP contribution in [0.25, 0.3) is 11.5 Å². The number of guanidine groups is 1. The molecule has 0 saturated heterocycles. The topological polar surface area (TPSA) is 101 Å². The summed E-state index contributed by atoms with van der Waals surface area (Å²) in [4.78, 5) is 20.3. The van der Waals surface area contributed by atoms with E-state index in [9.17, 15) is 4.79 Å². The molecule has 3 N–H and O–H groups in total. The van der Waals surface area contributed by atoms with Crippen LogP contribution >= 0.6 is 24.0 Å². The highest BCUT2D eigenvalue weighted by atomic mass is 127. The van der Waals surface area contributed by atoms with Crippen LogP contribution < -0.4 is 16.0 Å².